The summed E-state index contributed by atoms with van der Waals surface area (Å²) in [7, 11) is 1.60. The lowest BCUT2D eigenvalue weighted by Crippen LogP contribution is -2.04. The van der Waals surface area contributed by atoms with Crippen molar-refractivity contribution in [1.29, 1.82) is 0 Å². The molecule has 0 fully saturated rings. The molecule has 4 nitrogen and oxygen atoms in total. The maximum Gasteiger partial charge on any atom is 0.344 e. The number of fused-ring (bicyclic) bond motifs is 1. The predicted molar refractivity (Wildman–Crippen MR) is 93.8 cm³/mol. The Morgan fingerprint density at radius 3 is 2.50 bits per heavy atom. The van der Waals surface area contributed by atoms with Crippen LogP contribution in [0.15, 0.2) is 82.3 Å². The van der Waals surface area contributed by atoms with E-state index in [4.69, 9.17) is 9.15 Å². The van der Waals surface area contributed by atoms with Gasteiger partial charge in [0.2, 0.25) is 0 Å². The van der Waals surface area contributed by atoms with Gasteiger partial charge in [-0.2, -0.15) is 0 Å². The Hall–Kier alpha value is -3.27. The molecule has 118 valence electrons. The first-order chi connectivity index (χ1) is 11.8. The van der Waals surface area contributed by atoms with E-state index in [1.165, 1.54) is 0 Å². The van der Waals surface area contributed by atoms with E-state index < -0.39 is 0 Å². The number of para-hydroxylation sites is 1. The van der Waals surface area contributed by atoms with E-state index in [2.05, 4.69) is 0 Å². The van der Waals surface area contributed by atoms with Gasteiger partial charge in [0, 0.05) is 35.1 Å². The second kappa shape index (κ2) is 5.74. The van der Waals surface area contributed by atoms with Crippen molar-refractivity contribution < 1.29 is 9.15 Å². The zero-order chi connectivity index (χ0) is 16.5. The minimum Gasteiger partial charge on any atom is -0.496 e. The van der Waals surface area contributed by atoms with E-state index >= 15 is 0 Å². The number of hydrogen-bond acceptors (Lipinski definition) is 3. The first-order valence-corrected chi connectivity index (χ1v) is 7.61. The number of nitrogens with zero attached hydrogens (tertiary/aromatic N) is 1. The van der Waals surface area contributed by atoms with E-state index in [-0.39, 0.29) is 5.63 Å². The van der Waals surface area contributed by atoms with Gasteiger partial charge in [-0.15, -0.1) is 0 Å². The van der Waals surface area contributed by atoms with Crippen LogP contribution in [0.4, 0.5) is 0 Å². The van der Waals surface area contributed by atoms with Gasteiger partial charge >= 0.3 is 5.63 Å². The molecule has 0 bridgehead atoms. The normalized spacial score (nSPS) is 10.9. The molecule has 0 saturated carbocycles. The second-order valence-electron chi connectivity index (χ2n) is 5.46. The summed E-state index contributed by atoms with van der Waals surface area (Å²) in [5.74, 6) is 0.629. The molecule has 2 aromatic heterocycles. The number of hydrogen-bond donors (Lipinski definition) is 0. The second-order valence-corrected chi connectivity index (χ2v) is 5.46. The molecule has 0 aliphatic heterocycles. The van der Waals surface area contributed by atoms with Crippen LogP contribution in [0.1, 0.15) is 0 Å². The van der Waals surface area contributed by atoms with Crippen LogP contribution in [-0.2, 0) is 0 Å². The lowest BCUT2D eigenvalue weighted by Gasteiger charge is -2.11. The van der Waals surface area contributed by atoms with Crippen molar-refractivity contribution in [2.75, 3.05) is 7.11 Å². The Bertz CT molecular complexity index is 1060. The summed E-state index contributed by atoms with van der Waals surface area (Å²) < 4.78 is 12.9. The average molecular weight is 317 g/mol. The zero-order valence-electron chi connectivity index (χ0n) is 13.1. The third-order valence-corrected chi connectivity index (χ3v) is 4.02. The van der Waals surface area contributed by atoms with Crippen LogP contribution >= 0.6 is 0 Å². The lowest BCUT2D eigenvalue weighted by molar-refractivity contribution is 0.416. The number of ether oxygens (including phenoxy) is 1. The van der Waals surface area contributed by atoms with Crippen molar-refractivity contribution in [1.82, 2.24) is 4.57 Å². The Labute approximate surface area is 138 Å². The monoisotopic (exact) mass is 317 g/mol. The molecule has 4 heteroatoms. The molecule has 0 atom stereocenters. The summed E-state index contributed by atoms with van der Waals surface area (Å²) in [5, 5.41) is 0.878. The number of rotatable bonds is 3. The van der Waals surface area contributed by atoms with Crippen LogP contribution in [0.25, 0.3) is 27.8 Å². The van der Waals surface area contributed by atoms with Crippen molar-refractivity contribution in [3.63, 3.8) is 0 Å². The smallest absolute Gasteiger partial charge is 0.344 e. The van der Waals surface area contributed by atoms with E-state index in [0.29, 0.717) is 22.5 Å². The Morgan fingerprint density at radius 2 is 1.71 bits per heavy atom. The first kappa shape index (κ1) is 14.3. The molecule has 0 radical (unpaired) electrons. The van der Waals surface area contributed by atoms with Gasteiger partial charge in [-0.1, -0.05) is 18.2 Å². The molecule has 0 unspecified atom stereocenters. The van der Waals surface area contributed by atoms with E-state index in [1.54, 1.807) is 13.2 Å². The maximum absolute atomic E-state index is 12.4. The number of methoxy groups -OCH3 is 1. The topological polar surface area (TPSA) is 44.4 Å². The minimum atomic E-state index is -0.374. The Kier molecular flexibility index (Phi) is 3.43. The highest BCUT2D eigenvalue weighted by Crippen LogP contribution is 2.31. The minimum absolute atomic E-state index is 0.374. The van der Waals surface area contributed by atoms with Gasteiger partial charge in [0.15, 0.2) is 0 Å². The molecule has 0 aliphatic carbocycles. The highest BCUT2D eigenvalue weighted by atomic mass is 16.5. The van der Waals surface area contributed by atoms with Crippen LogP contribution in [-0.4, -0.2) is 11.7 Å². The molecule has 0 amide bonds. The molecular weight excluding hydrogens is 302 g/mol. The van der Waals surface area contributed by atoms with Gasteiger partial charge in [-0.3, -0.25) is 0 Å². The third kappa shape index (κ3) is 2.38. The maximum atomic E-state index is 12.4. The SMILES string of the molecule is COc1cc(-n2cccc2)ccc1-c1cc2ccccc2oc1=O. The van der Waals surface area contributed by atoms with Gasteiger partial charge in [-0.05, 0) is 36.4 Å². The van der Waals surface area contributed by atoms with Crippen molar-refractivity contribution >= 4 is 11.0 Å². The van der Waals surface area contributed by atoms with Crippen LogP contribution in [0.5, 0.6) is 5.75 Å². The van der Waals surface area contributed by atoms with Crippen LogP contribution in [0.2, 0.25) is 0 Å². The van der Waals surface area contributed by atoms with Gasteiger partial charge in [0.05, 0.1) is 12.7 Å². The molecule has 2 heterocycles. The van der Waals surface area contributed by atoms with Crippen molar-refractivity contribution in [3.8, 4) is 22.6 Å². The third-order valence-electron chi connectivity index (χ3n) is 4.02. The fourth-order valence-corrected chi connectivity index (χ4v) is 2.82. The van der Waals surface area contributed by atoms with Gasteiger partial charge in [0.1, 0.15) is 11.3 Å². The first-order valence-electron chi connectivity index (χ1n) is 7.61. The largest absolute Gasteiger partial charge is 0.496 e. The Balaban J connectivity index is 1.90. The van der Waals surface area contributed by atoms with Crippen LogP contribution in [0, 0.1) is 0 Å². The summed E-state index contributed by atoms with van der Waals surface area (Å²) in [6.45, 7) is 0. The predicted octanol–water partition coefficient (Wildman–Crippen LogP) is 4.26. The van der Waals surface area contributed by atoms with Gasteiger partial charge in [-0.25, -0.2) is 4.79 Å². The molecule has 0 saturated heterocycles. The van der Waals surface area contributed by atoms with Crippen molar-refractivity contribution in [2.45, 2.75) is 0 Å². The molecular formula is C20H15NO3. The van der Waals surface area contributed by atoms with Crippen molar-refractivity contribution in [3.05, 3.63) is 83.5 Å². The summed E-state index contributed by atoms with van der Waals surface area (Å²) >= 11 is 0. The fourth-order valence-electron chi connectivity index (χ4n) is 2.82. The molecule has 4 aromatic rings. The van der Waals surface area contributed by atoms with E-state index in [0.717, 1.165) is 11.1 Å². The standard InChI is InChI=1S/C20H15NO3/c1-23-19-13-15(21-10-4-5-11-21)8-9-16(19)17-12-14-6-2-3-7-18(14)24-20(17)22/h2-13H,1H3. The molecule has 0 spiro atoms. The van der Waals surface area contributed by atoms with Crippen LogP contribution in [0.3, 0.4) is 0 Å². The molecule has 2 aromatic carbocycles. The molecule has 0 aliphatic rings. The molecule has 24 heavy (non-hydrogen) atoms. The quantitative estimate of drug-likeness (QED) is 0.530. The average Bonchev–Trinajstić information content (AvgIpc) is 3.15. The number of benzene rings is 2. The van der Waals surface area contributed by atoms with Gasteiger partial charge in [0.25, 0.3) is 0 Å². The van der Waals surface area contributed by atoms with Gasteiger partial charge < -0.3 is 13.7 Å². The summed E-state index contributed by atoms with van der Waals surface area (Å²) in [4.78, 5) is 12.4. The fraction of sp³-hybridized carbons (Fsp3) is 0.0500. The highest BCUT2D eigenvalue weighted by Gasteiger charge is 2.13. The Morgan fingerprint density at radius 1 is 0.917 bits per heavy atom. The summed E-state index contributed by atoms with van der Waals surface area (Å²) in [5.41, 5.74) is 2.37. The summed E-state index contributed by atoms with van der Waals surface area (Å²) in [6, 6.07) is 19.0. The number of aromatic nitrogens is 1. The lowest BCUT2D eigenvalue weighted by atomic mass is 10.0. The zero-order valence-corrected chi connectivity index (χ0v) is 13.1. The van der Waals surface area contributed by atoms with Crippen molar-refractivity contribution in [2.24, 2.45) is 0 Å². The summed E-state index contributed by atoms with van der Waals surface area (Å²) in [6.07, 6.45) is 3.91. The van der Waals surface area contributed by atoms with Crippen LogP contribution < -0.4 is 10.4 Å². The van der Waals surface area contributed by atoms with E-state index in [9.17, 15) is 4.79 Å². The molecule has 4 rings (SSSR count). The highest BCUT2D eigenvalue weighted by molar-refractivity contribution is 5.83. The molecule has 0 N–H and O–H groups in total. The van der Waals surface area contributed by atoms with E-state index in [1.807, 2.05) is 71.6 Å².